The molecule has 0 saturated carbocycles. The zero-order valence-corrected chi connectivity index (χ0v) is 13.6. The highest BCUT2D eigenvalue weighted by molar-refractivity contribution is 6.11. The lowest BCUT2D eigenvalue weighted by atomic mass is 10.1. The number of para-hydroxylation sites is 1. The minimum Gasteiger partial charge on any atom is -0.507 e. The second-order valence-corrected chi connectivity index (χ2v) is 5.84. The Morgan fingerprint density at radius 3 is 2.44 bits per heavy atom. The minimum atomic E-state index is -0.329. The molecule has 4 rings (SSSR count). The number of aromatic nitrogens is 1. The van der Waals surface area contributed by atoms with E-state index in [1.54, 1.807) is 18.2 Å². The summed E-state index contributed by atoms with van der Waals surface area (Å²) in [4.78, 5) is 12.1. The molecule has 4 heteroatoms. The van der Waals surface area contributed by atoms with Crippen LogP contribution in [-0.4, -0.2) is 22.2 Å². The quantitative estimate of drug-likeness (QED) is 0.565. The fourth-order valence-electron chi connectivity index (χ4n) is 3.21. The highest BCUT2D eigenvalue weighted by atomic mass is 16.5. The van der Waals surface area contributed by atoms with E-state index in [1.165, 1.54) is 0 Å². The van der Waals surface area contributed by atoms with Gasteiger partial charge in [-0.1, -0.05) is 42.5 Å². The van der Waals surface area contributed by atoms with Crippen molar-refractivity contribution < 1.29 is 14.6 Å². The largest absolute Gasteiger partial charge is 0.507 e. The third-order valence-electron chi connectivity index (χ3n) is 4.33. The van der Waals surface area contributed by atoms with E-state index in [2.05, 4.69) is 4.57 Å². The van der Waals surface area contributed by atoms with Crippen molar-refractivity contribution in [2.45, 2.75) is 6.54 Å². The Bertz CT molecular complexity index is 1050. The van der Waals surface area contributed by atoms with E-state index in [0.717, 1.165) is 21.8 Å². The second kappa shape index (κ2) is 6.32. The first kappa shape index (κ1) is 15.3. The van der Waals surface area contributed by atoms with Crippen LogP contribution < -0.4 is 0 Å². The third-order valence-corrected chi connectivity index (χ3v) is 4.33. The number of phenols is 1. The predicted octanol–water partition coefficient (Wildman–Crippen LogP) is 4.36. The van der Waals surface area contributed by atoms with Gasteiger partial charge >= 0.3 is 5.97 Å². The Balaban J connectivity index is 1.63. The van der Waals surface area contributed by atoms with Crippen molar-refractivity contribution in [3.8, 4) is 5.75 Å². The summed E-state index contributed by atoms with van der Waals surface area (Å²) in [5, 5.41) is 12.1. The summed E-state index contributed by atoms with van der Waals surface area (Å²) < 4.78 is 7.48. The van der Waals surface area contributed by atoms with Crippen LogP contribution >= 0.6 is 0 Å². The number of nitrogens with zero attached hydrogens (tertiary/aromatic N) is 1. The number of phenolic OH excluding ortho intramolecular Hbond substituents is 1. The van der Waals surface area contributed by atoms with Crippen molar-refractivity contribution in [3.05, 3.63) is 78.4 Å². The summed E-state index contributed by atoms with van der Waals surface area (Å²) in [5.74, 6) is -0.0713. The molecule has 3 aromatic carbocycles. The lowest BCUT2D eigenvalue weighted by molar-refractivity contribution is 0.0493. The van der Waals surface area contributed by atoms with E-state index in [0.29, 0.717) is 12.1 Å². The molecule has 0 atom stereocenters. The smallest absolute Gasteiger partial charge is 0.338 e. The SMILES string of the molecule is O=C(OCCn1c2ccccc2c2c(O)cccc21)c1ccccc1. The van der Waals surface area contributed by atoms with Gasteiger partial charge in [-0.3, -0.25) is 0 Å². The first-order chi connectivity index (χ1) is 12.3. The van der Waals surface area contributed by atoms with Crippen molar-refractivity contribution >= 4 is 27.8 Å². The average Bonchev–Trinajstić information content (AvgIpc) is 2.98. The van der Waals surface area contributed by atoms with Crippen molar-refractivity contribution in [2.75, 3.05) is 6.61 Å². The zero-order chi connectivity index (χ0) is 17.2. The number of rotatable bonds is 4. The Morgan fingerprint density at radius 2 is 1.60 bits per heavy atom. The summed E-state index contributed by atoms with van der Waals surface area (Å²) in [7, 11) is 0. The fourth-order valence-corrected chi connectivity index (χ4v) is 3.21. The molecule has 0 unspecified atom stereocenters. The van der Waals surface area contributed by atoms with Gasteiger partial charge in [-0.05, 0) is 30.3 Å². The maximum absolute atomic E-state index is 12.1. The van der Waals surface area contributed by atoms with Gasteiger partial charge in [0.25, 0.3) is 0 Å². The molecule has 0 saturated heterocycles. The van der Waals surface area contributed by atoms with Crippen LogP contribution in [0.15, 0.2) is 72.8 Å². The number of carbonyl (C=O) groups excluding carboxylic acids is 1. The molecular weight excluding hydrogens is 314 g/mol. The van der Waals surface area contributed by atoms with Crippen LogP contribution in [0.25, 0.3) is 21.8 Å². The van der Waals surface area contributed by atoms with E-state index in [-0.39, 0.29) is 18.3 Å². The molecule has 0 aliphatic carbocycles. The summed E-state index contributed by atoms with van der Waals surface area (Å²) in [5.41, 5.74) is 2.48. The van der Waals surface area contributed by atoms with E-state index in [4.69, 9.17) is 4.74 Å². The number of carbonyl (C=O) groups is 1. The van der Waals surface area contributed by atoms with Gasteiger partial charge in [-0.2, -0.15) is 0 Å². The van der Waals surface area contributed by atoms with E-state index < -0.39 is 0 Å². The monoisotopic (exact) mass is 331 g/mol. The van der Waals surface area contributed by atoms with E-state index >= 15 is 0 Å². The van der Waals surface area contributed by atoms with Gasteiger partial charge in [0.1, 0.15) is 12.4 Å². The number of ether oxygens (including phenoxy) is 1. The Labute approximate surface area is 144 Å². The van der Waals surface area contributed by atoms with Crippen molar-refractivity contribution in [1.82, 2.24) is 4.57 Å². The molecule has 4 nitrogen and oxygen atoms in total. The molecule has 25 heavy (non-hydrogen) atoms. The van der Waals surface area contributed by atoms with Gasteiger partial charge in [0.2, 0.25) is 0 Å². The Hall–Kier alpha value is -3.27. The molecule has 0 aliphatic rings. The zero-order valence-electron chi connectivity index (χ0n) is 13.6. The first-order valence-corrected chi connectivity index (χ1v) is 8.17. The van der Waals surface area contributed by atoms with Crippen LogP contribution in [0.4, 0.5) is 0 Å². The van der Waals surface area contributed by atoms with Gasteiger partial charge in [-0.15, -0.1) is 0 Å². The van der Waals surface area contributed by atoms with Crippen LogP contribution in [0.3, 0.4) is 0 Å². The molecule has 0 radical (unpaired) electrons. The number of fused-ring (bicyclic) bond motifs is 3. The van der Waals surface area contributed by atoms with Crippen LogP contribution in [-0.2, 0) is 11.3 Å². The second-order valence-electron chi connectivity index (χ2n) is 5.84. The van der Waals surface area contributed by atoms with E-state index in [1.807, 2.05) is 54.6 Å². The average molecular weight is 331 g/mol. The minimum absolute atomic E-state index is 0.258. The molecule has 0 bridgehead atoms. The van der Waals surface area contributed by atoms with Gasteiger partial charge < -0.3 is 14.4 Å². The van der Waals surface area contributed by atoms with Crippen LogP contribution in [0.5, 0.6) is 5.75 Å². The maximum Gasteiger partial charge on any atom is 0.338 e. The van der Waals surface area contributed by atoms with Gasteiger partial charge in [0.15, 0.2) is 0 Å². The highest BCUT2D eigenvalue weighted by Crippen LogP contribution is 2.34. The summed E-state index contributed by atoms with van der Waals surface area (Å²) >= 11 is 0. The standard InChI is InChI=1S/C21H17NO3/c23-19-12-6-11-18-20(19)16-9-4-5-10-17(16)22(18)13-14-25-21(24)15-7-2-1-3-8-15/h1-12,23H,13-14H2. The number of aromatic hydroxyl groups is 1. The molecule has 0 spiro atoms. The number of esters is 1. The maximum atomic E-state index is 12.1. The first-order valence-electron chi connectivity index (χ1n) is 8.17. The molecule has 124 valence electrons. The molecular formula is C21H17NO3. The highest BCUT2D eigenvalue weighted by Gasteiger charge is 2.13. The van der Waals surface area contributed by atoms with Crippen molar-refractivity contribution in [1.29, 1.82) is 0 Å². The normalized spacial score (nSPS) is 11.0. The summed E-state index contributed by atoms with van der Waals surface area (Å²) in [6.07, 6.45) is 0. The summed E-state index contributed by atoms with van der Waals surface area (Å²) in [6.45, 7) is 0.781. The number of benzene rings is 3. The topological polar surface area (TPSA) is 51.5 Å². The Morgan fingerprint density at radius 1 is 0.880 bits per heavy atom. The lowest BCUT2D eigenvalue weighted by Crippen LogP contribution is -2.11. The van der Waals surface area contributed by atoms with Gasteiger partial charge in [-0.25, -0.2) is 4.79 Å². The molecule has 0 aliphatic heterocycles. The number of hydrogen-bond acceptors (Lipinski definition) is 3. The third kappa shape index (κ3) is 2.72. The van der Waals surface area contributed by atoms with Crippen molar-refractivity contribution in [2.24, 2.45) is 0 Å². The fraction of sp³-hybridized carbons (Fsp3) is 0.0952. The predicted molar refractivity (Wildman–Crippen MR) is 97.8 cm³/mol. The van der Waals surface area contributed by atoms with Gasteiger partial charge in [0, 0.05) is 16.3 Å². The summed E-state index contributed by atoms with van der Waals surface area (Å²) in [6, 6.07) is 22.4. The van der Waals surface area contributed by atoms with Crippen LogP contribution in [0.2, 0.25) is 0 Å². The molecule has 0 amide bonds. The van der Waals surface area contributed by atoms with Crippen molar-refractivity contribution in [3.63, 3.8) is 0 Å². The lowest BCUT2D eigenvalue weighted by Gasteiger charge is -2.09. The van der Waals surface area contributed by atoms with Crippen LogP contribution in [0.1, 0.15) is 10.4 Å². The molecule has 0 fully saturated rings. The van der Waals surface area contributed by atoms with Gasteiger partial charge in [0.05, 0.1) is 17.6 Å². The Kier molecular flexibility index (Phi) is 3.86. The molecule has 1 aromatic heterocycles. The molecule has 1 heterocycles. The molecule has 4 aromatic rings. The molecule has 1 N–H and O–H groups in total. The van der Waals surface area contributed by atoms with E-state index in [9.17, 15) is 9.90 Å². The van der Waals surface area contributed by atoms with Crippen LogP contribution in [0, 0.1) is 0 Å². The number of hydrogen-bond donors (Lipinski definition) is 1.